The van der Waals surface area contributed by atoms with E-state index in [4.69, 9.17) is 0 Å². The first-order valence-electron chi connectivity index (χ1n) is 7.89. The second-order valence-corrected chi connectivity index (χ2v) is 10.6. The van der Waals surface area contributed by atoms with E-state index in [9.17, 15) is 0 Å². The molecule has 1 saturated carbocycles. The quantitative estimate of drug-likeness (QED) is 0.573. The minimum Gasteiger partial charge on any atom is -0.144 e. The second kappa shape index (κ2) is 6.47. The van der Waals surface area contributed by atoms with E-state index in [0.29, 0.717) is 9.49 Å². The summed E-state index contributed by atoms with van der Waals surface area (Å²) in [5, 5.41) is 0. The summed E-state index contributed by atoms with van der Waals surface area (Å²) in [6.07, 6.45) is 9.53. The summed E-state index contributed by atoms with van der Waals surface area (Å²) < 4.78 is 0.498. The van der Waals surface area contributed by atoms with Gasteiger partial charge in [0.25, 0.3) is 0 Å². The van der Waals surface area contributed by atoms with Gasteiger partial charge in [-0.1, -0.05) is 32.4 Å². The Morgan fingerprint density at radius 1 is 1.16 bits per heavy atom. The fourth-order valence-electron chi connectivity index (χ4n) is 3.72. The highest BCUT2D eigenvalue weighted by Gasteiger charge is 2.35. The van der Waals surface area contributed by atoms with Crippen molar-refractivity contribution < 1.29 is 0 Å². The van der Waals surface area contributed by atoms with Crippen LogP contribution in [0.1, 0.15) is 65.7 Å². The molecular formula is C17H30S2. The van der Waals surface area contributed by atoms with Crippen molar-refractivity contribution in [1.82, 2.24) is 0 Å². The summed E-state index contributed by atoms with van der Waals surface area (Å²) in [7, 11) is 0. The molecule has 2 fully saturated rings. The molecule has 1 aliphatic heterocycles. The summed E-state index contributed by atoms with van der Waals surface area (Å²) in [5.41, 5.74) is 2.02. The topological polar surface area (TPSA) is 0 Å². The molecule has 2 heteroatoms. The van der Waals surface area contributed by atoms with Gasteiger partial charge in [0, 0.05) is 0 Å². The molecule has 0 nitrogen and oxygen atoms in total. The van der Waals surface area contributed by atoms with Crippen LogP contribution in [0, 0.1) is 11.3 Å². The zero-order chi connectivity index (χ0) is 13.9. The number of rotatable bonds is 4. The molecule has 0 spiro atoms. The van der Waals surface area contributed by atoms with Crippen LogP contribution in [-0.4, -0.2) is 15.6 Å². The number of thioether (sulfide) groups is 2. The third kappa shape index (κ3) is 4.20. The lowest BCUT2D eigenvalue weighted by Gasteiger charge is -2.41. The molecule has 1 unspecified atom stereocenters. The van der Waals surface area contributed by atoms with Gasteiger partial charge in [-0.3, -0.25) is 0 Å². The predicted molar refractivity (Wildman–Crippen MR) is 92.1 cm³/mol. The van der Waals surface area contributed by atoms with Crippen molar-refractivity contribution in [2.45, 2.75) is 69.8 Å². The van der Waals surface area contributed by atoms with Crippen molar-refractivity contribution in [3.8, 4) is 0 Å². The molecule has 0 N–H and O–H groups in total. The highest BCUT2D eigenvalue weighted by atomic mass is 32.2. The van der Waals surface area contributed by atoms with Crippen LogP contribution in [0.15, 0.2) is 12.2 Å². The fourth-order valence-corrected chi connectivity index (χ4v) is 6.75. The Morgan fingerprint density at radius 2 is 1.84 bits per heavy atom. The van der Waals surface area contributed by atoms with Crippen molar-refractivity contribution >= 4 is 23.5 Å². The van der Waals surface area contributed by atoms with E-state index < -0.39 is 0 Å². The molecule has 0 aromatic carbocycles. The first-order valence-corrected chi connectivity index (χ1v) is 9.86. The van der Waals surface area contributed by atoms with Gasteiger partial charge in [0.2, 0.25) is 0 Å². The normalized spacial score (nSPS) is 30.3. The summed E-state index contributed by atoms with van der Waals surface area (Å²) in [4.78, 5) is 0. The van der Waals surface area contributed by atoms with Crippen LogP contribution in [0.4, 0.5) is 0 Å². The van der Waals surface area contributed by atoms with Crippen LogP contribution in [0.3, 0.4) is 0 Å². The first-order chi connectivity index (χ1) is 8.93. The van der Waals surface area contributed by atoms with Gasteiger partial charge in [-0.2, -0.15) is 0 Å². The fraction of sp³-hybridized carbons (Fsp3) is 0.882. The first kappa shape index (κ1) is 15.8. The number of allylic oxidation sites excluding steroid dienone is 1. The van der Waals surface area contributed by atoms with E-state index in [1.54, 1.807) is 0 Å². The highest BCUT2D eigenvalue weighted by molar-refractivity contribution is 8.18. The Bertz CT molecular complexity index is 313. The Balaban J connectivity index is 1.82. The lowest BCUT2D eigenvalue weighted by atomic mass is 9.65. The SMILES string of the molecule is C=C1CCCC(C)(C)C1CCCC1(C)SCCCS1. The highest BCUT2D eigenvalue weighted by Crippen LogP contribution is 2.48. The average molecular weight is 299 g/mol. The van der Waals surface area contributed by atoms with Crippen LogP contribution < -0.4 is 0 Å². The molecular weight excluding hydrogens is 268 g/mol. The van der Waals surface area contributed by atoms with E-state index in [1.807, 2.05) is 0 Å². The van der Waals surface area contributed by atoms with Gasteiger partial charge in [0.1, 0.15) is 0 Å². The molecule has 1 saturated heterocycles. The molecule has 110 valence electrons. The molecule has 1 aliphatic carbocycles. The molecule has 1 atom stereocenters. The zero-order valence-electron chi connectivity index (χ0n) is 13.0. The van der Waals surface area contributed by atoms with Gasteiger partial charge in [0.05, 0.1) is 4.08 Å². The Morgan fingerprint density at radius 3 is 2.47 bits per heavy atom. The van der Waals surface area contributed by atoms with Crippen LogP contribution in [0.25, 0.3) is 0 Å². The third-order valence-electron chi connectivity index (χ3n) is 4.98. The summed E-state index contributed by atoms with van der Waals surface area (Å²) in [6.45, 7) is 11.7. The maximum absolute atomic E-state index is 4.36. The van der Waals surface area contributed by atoms with Crippen LogP contribution in [0.5, 0.6) is 0 Å². The Kier molecular flexibility index (Phi) is 5.39. The lowest BCUT2D eigenvalue weighted by molar-refractivity contribution is 0.177. The third-order valence-corrected chi connectivity index (χ3v) is 8.30. The van der Waals surface area contributed by atoms with E-state index in [1.165, 1.54) is 62.0 Å². The number of hydrogen-bond donors (Lipinski definition) is 0. The minimum atomic E-state index is 0.489. The van der Waals surface area contributed by atoms with E-state index in [2.05, 4.69) is 50.9 Å². The Labute approximate surface area is 128 Å². The Hall–Kier alpha value is 0.440. The van der Waals surface area contributed by atoms with Crippen LogP contribution in [0.2, 0.25) is 0 Å². The monoisotopic (exact) mass is 298 g/mol. The summed E-state index contributed by atoms with van der Waals surface area (Å²) >= 11 is 4.39. The lowest BCUT2D eigenvalue weighted by Crippen LogP contribution is -2.30. The average Bonchev–Trinajstić information content (AvgIpc) is 2.33. The maximum atomic E-state index is 4.36. The largest absolute Gasteiger partial charge is 0.144 e. The van der Waals surface area contributed by atoms with Gasteiger partial charge in [0.15, 0.2) is 0 Å². The predicted octanol–water partition coefficient (Wildman–Crippen LogP) is 6.13. The molecule has 0 bridgehead atoms. The van der Waals surface area contributed by atoms with Gasteiger partial charge in [-0.25, -0.2) is 0 Å². The molecule has 1 heterocycles. The van der Waals surface area contributed by atoms with Gasteiger partial charge in [-0.05, 0) is 68.3 Å². The van der Waals surface area contributed by atoms with Crippen LogP contribution >= 0.6 is 23.5 Å². The van der Waals surface area contributed by atoms with Crippen molar-refractivity contribution in [3.63, 3.8) is 0 Å². The number of hydrogen-bond acceptors (Lipinski definition) is 2. The zero-order valence-corrected chi connectivity index (χ0v) is 14.6. The standard InChI is InChI=1S/C17H30S2/c1-14-8-5-10-16(2,3)15(14)9-6-11-17(4)18-12-7-13-19-17/h15H,1,5-13H2,2-4H3. The van der Waals surface area contributed by atoms with E-state index in [0.717, 1.165) is 5.92 Å². The van der Waals surface area contributed by atoms with Gasteiger partial charge in [-0.15, -0.1) is 23.5 Å². The summed E-state index contributed by atoms with van der Waals surface area (Å²) in [6, 6.07) is 0. The van der Waals surface area contributed by atoms with Crippen molar-refractivity contribution in [2.75, 3.05) is 11.5 Å². The van der Waals surface area contributed by atoms with Gasteiger partial charge >= 0.3 is 0 Å². The van der Waals surface area contributed by atoms with Gasteiger partial charge < -0.3 is 0 Å². The maximum Gasteiger partial charge on any atom is 0.0583 e. The second-order valence-electron chi connectivity index (χ2n) is 7.13. The van der Waals surface area contributed by atoms with E-state index in [-0.39, 0.29) is 0 Å². The molecule has 2 rings (SSSR count). The smallest absolute Gasteiger partial charge is 0.0583 e. The molecule has 19 heavy (non-hydrogen) atoms. The van der Waals surface area contributed by atoms with E-state index >= 15 is 0 Å². The molecule has 2 aliphatic rings. The summed E-state index contributed by atoms with van der Waals surface area (Å²) in [5.74, 6) is 3.50. The van der Waals surface area contributed by atoms with Crippen molar-refractivity contribution in [1.29, 1.82) is 0 Å². The molecule has 0 aromatic heterocycles. The van der Waals surface area contributed by atoms with Crippen molar-refractivity contribution in [2.24, 2.45) is 11.3 Å². The molecule has 0 amide bonds. The van der Waals surface area contributed by atoms with Crippen LogP contribution in [-0.2, 0) is 0 Å². The van der Waals surface area contributed by atoms with Crippen molar-refractivity contribution in [3.05, 3.63) is 12.2 Å². The minimum absolute atomic E-state index is 0.489. The molecule has 0 radical (unpaired) electrons. The molecule has 0 aromatic rings.